The fraction of sp³-hybridized carbons (Fsp3) is 0. The Bertz CT molecular complexity index is 362. The lowest BCUT2D eigenvalue weighted by Gasteiger charge is -1.92. The van der Waals surface area contributed by atoms with Crippen LogP contribution in [0.5, 0.6) is 0 Å². The van der Waals surface area contributed by atoms with Crippen molar-refractivity contribution in [2.45, 2.75) is 0 Å². The molecule has 0 N–H and O–H groups in total. The van der Waals surface area contributed by atoms with Crippen LogP contribution in [0.2, 0.25) is 10.3 Å². The van der Waals surface area contributed by atoms with Crippen LogP contribution in [0.25, 0.3) is 10.8 Å². The fourth-order valence-corrected chi connectivity index (χ4v) is 2.15. The molecule has 0 fully saturated rings. The molecule has 2 aromatic rings. The summed E-state index contributed by atoms with van der Waals surface area (Å²) in [4.78, 5) is 0. The lowest BCUT2D eigenvalue weighted by Crippen LogP contribution is -1.82. The zero-order valence-corrected chi connectivity index (χ0v) is 7.54. The van der Waals surface area contributed by atoms with Gasteiger partial charge in [-0.15, -0.1) is 10.2 Å². The predicted molar refractivity (Wildman–Crippen MR) is 47.4 cm³/mol. The molecule has 0 unspecified atom stereocenters. The Morgan fingerprint density at radius 1 is 1.00 bits per heavy atom. The number of thiophene rings is 1. The first-order valence-corrected chi connectivity index (χ1v) is 4.52. The van der Waals surface area contributed by atoms with E-state index in [1.54, 1.807) is 0 Å². The van der Waals surface area contributed by atoms with E-state index >= 15 is 0 Å². The summed E-state index contributed by atoms with van der Waals surface area (Å²) in [5.41, 5.74) is 0. The molecule has 0 spiro atoms. The van der Waals surface area contributed by atoms with E-state index in [4.69, 9.17) is 23.2 Å². The highest BCUT2D eigenvalue weighted by Gasteiger charge is 2.05. The lowest BCUT2D eigenvalue weighted by atomic mass is 10.3. The zero-order chi connectivity index (χ0) is 7.84. The van der Waals surface area contributed by atoms with Gasteiger partial charge in [-0.05, 0) is 0 Å². The summed E-state index contributed by atoms with van der Waals surface area (Å²) in [6.45, 7) is 0. The first kappa shape index (κ1) is 7.28. The SMILES string of the molecule is Clc1nnc(Cl)c2cscc12. The molecule has 56 valence electrons. The van der Waals surface area contributed by atoms with Crippen molar-refractivity contribution in [3.05, 3.63) is 21.1 Å². The molecule has 0 aliphatic carbocycles. The monoisotopic (exact) mass is 204 g/mol. The van der Waals surface area contributed by atoms with Crippen LogP contribution < -0.4 is 0 Å². The summed E-state index contributed by atoms with van der Waals surface area (Å²) in [5.74, 6) is 0. The van der Waals surface area contributed by atoms with Crippen molar-refractivity contribution < 1.29 is 0 Å². The maximum atomic E-state index is 5.74. The second-order valence-corrected chi connectivity index (χ2v) is 3.44. The van der Waals surface area contributed by atoms with E-state index in [1.807, 2.05) is 10.8 Å². The number of hydrogen-bond acceptors (Lipinski definition) is 3. The van der Waals surface area contributed by atoms with Gasteiger partial charge in [0.25, 0.3) is 0 Å². The highest BCUT2D eigenvalue weighted by atomic mass is 35.5. The van der Waals surface area contributed by atoms with E-state index in [2.05, 4.69) is 10.2 Å². The summed E-state index contributed by atoms with van der Waals surface area (Å²) in [6.07, 6.45) is 0. The molecule has 11 heavy (non-hydrogen) atoms. The average molecular weight is 205 g/mol. The molecule has 0 aliphatic rings. The highest BCUT2D eigenvalue weighted by molar-refractivity contribution is 7.09. The van der Waals surface area contributed by atoms with Crippen LogP contribution in [-0.2, 0) is 0 Å². The molecular formula is C6H2Cl2N2S. The van der Waals surface area contributed by atoms with Gasteiger partial charge in [0.05, 0.1) is 0 Å². The summed E-state index contributed by atoms with van der Waals surface area (Å²) in [6, 6.07) is 0. The minimum Gasteiger partial charge on any atom is -0.151 e. The van der Waals surface area contributed by atoms with E-state index < -0.39 is 0 Å². The maximum Gasteiger partial charge on any atom is 0.160 e. The third-order valence-electron chi connectivity index (χ3n) is 1.33. The van der Waals surface area contributed by atoms with Crippen LogP contribution in [0.1, 0.15) is 0 Å². The standard InChI is InChI=1S/C6H2Cl2N2S/c7-5-3-1-11-2-4(3)6(8)10-9-5/h1-2H. The van der Waals surface area contributed by atoms with Gasteiger partial charge in [0, 0.05) is 21.5 Å². The minimum absolute atomic E-state index is 0.408. The zero-order valence-electron chi connectivity index (χ0n) is 5.21. The topological polar surface area (TPSA) is 25.8 Å². The molecule has 0 amide bonds. The molecule has 2 aromatic heterocycles. The molecule has 0 bridgehead atoms. The van der Waals surface area contributed by atoms with Crippen LogP contribution in [0.4, 0.5) is 0 Å². The number of nitrogens with zero attached hydrogens (tertiary/aromatic N) is 2. The van der Waals surface area contributed by atoms with Gasteiger partial charge in [-0.2, -0.15) is 11.3 Å². The molecule has 0 atom stereocenters. The van der Waals surface area contributed by atoms with Crippen molar-refractivity contribution in [3.63, 3.8) is 0 Å². The number of halogens is 2. The van der Waals surface area contributed by atoms with Crippen LogP contribution in [-0.4, -0.2) is 10.2 Å². The molecule has 0 aliphatic heterocycles. The first-order chi connectivity index (χ1) is 5.29. The van der Waals surface area contributed by atoms with E-state index in [-0.39, 0.29) is 0 Å². The Hall–Kier alpha value is -0.380. The van der Waals surface area contributed by atoms with Gasteiger partial charge in [-0.3, -0.25) is 0 Å². The number of aromatic nitrogens is 2. The molecule has 2 rings (SSSR count). The normalized spacial score (nSPS) is 10.7. The van der Waals surface area contributed by atoms with Crippen LogP contribution in [0, 0.1) is 0 Å². The second-order valence-electron chi connectivity index (χ2n) is 1.98. The smallest absolute Gasteiger partial charge is 0.151 e. The molecule has 0 aromatic carbocycles. The van der Waals surface area contributed by atoms with Gasteiger partial charge in [0.2, 0.25) is 0 Å². The van der Waals surface area contributed by atoms with Gasteiger partial charge in [-0.25, -0.2) is 0 Å². The predicted octanol–water partition coefficient (Wildman–Crippen LogP) is 3.00. The largest absolute Gasteiger partial charge is 0.160 e. The van der Waals surface area contributed by atoms with E-state index in [1.165, 1.54) is 11.3 Å². The number of rotatable bonds is 0. The quantitative estimate of drug-likeness (QED) is 0.660. The Balaban J connectivity index is 2.96. The number of hydrogen-bond donors (Lipinski definition) is 0. The summed E-state index contributed by atoms with van der Waals surface area (Å²) in [5, 5.41) is 13.7. The van der Waals surface area contributed by atoms with Gasteiger partial charge < -0.3 is 0 Å². The molecule has 2 heterocycles. The third-order valence-corrected chi connectivity index (χ3v) is 2.63. The average Bonchev–Trinajstić information content (AvgIpc) is 2.45. The van der Waals surface area contributed by atoms with Crippen molar-refractivity contribution >= 4 is 45.3 Å². The summed E-state index contributed by atoms with van der Waals surface area (Å²) in [7, 11) is 0. The molecular weight excluding hydrogens is 203 g/mol. The Labute approximate surface area is 76.8 Å². The third kappa shape index (κ3) is 1.09. The van der Waals surface area contributed by atoms with E-state index in [0.29, 0.717) is 10.3 Å². The Kier molecular flexibility index (Phi) is 1.71. The van der Waals surface area contributed by atoms with Gasteiger partial charge in [0.1, 0.15) is 0 Å². The maximum absolute atomic E-state index is 5.74. The summed E-state index contributed by atoms with van der Waals surface area (Å²) >= 11 is 13.0. The molecule has 0 radical (unpaired) electrons. The Morgan fingerprint density at radius 3 is 1.91 bits per heavy atom. The van der Waals surface area contributed by atoms with Crippen LogP contribution >= 0.6 is 34.5 Å². The van der Waals surface area contributed by atoms with E-state index in [0.717, 1.165) is 10.8 Å². The van der Waals surface area contributed by atoms with Crippen molar-refractivity contribution in [2.24, 2.45) is 0 Å². The second kappa shape index (κ2) is 2.59. The molecule has 0 saturated carbocycles. The van der Waals surface area contributed by atoms with Crippen molar-refractivity contribution in [1.29, 1.82) is 0 Å². The molecule has 5 heteroatoms. The van der Waals surface area contributed by atoms with Crippen LogP contribution in [0.15, 0.2) is 10.8 Å². The first-order valence-electron chi connectivity index (χ1n) is 2.82. The van der Waals surface area contributed by atoms with Crippen molar-refractivity contribution in [3.8, 4) is 0 Å². The van der Waals surface area contributed by atoms with Gasteiger partial charge in [-0.1, -0.05) is 23.2 Å². The Morgan fingerprint density at radius 2 is 1.45 bits per heavy atom. The fourth-order valence-electron chi connectivity index (χ4n) is 0.812. The van der Waals surface area contributed by atoms with Crippen molar-refractivity contribution in [2.75, 3.05) is 0 Å². The van der Waals surface area contributed by atoms with E-state index in [9.17, 15) is 0 Å². The van der Waals surface area contributed by atoms with Gasteiger partial charge in [0.15, 0.2) is 10.3 Å². The molecule has 2 nitrogen and oxygen atoms in total. The van der Waals surface area contributed by atoms with Gasteiger partial charge >= 0.3 is 0 Å². The van der Waals surface area contributed by atoms with Crippen molar-refractivity contribution in [1.82, 2.24) is 10.2 Å². The minimum atomic E-state index is 0.408. The lowest BCUT2D eigenvalue weighted by molar-refractivity contribution is 1.05. The summed E-state index contributed by atoms with van der Waals surface area (Å²) < 4.78 is 0. The number of fused-ring (bicyclic) bond motifs is 1. The highest BCUT2D eigenvalue weighted by Crippen LogP contribution is 2.28. The molecule has 0 saturated heterocycles. The van der Waals surface area contributed by atoms with Crippen LogP contribution in [0.3, 0.4) is 0 Å².